The van der Waals surface area contributed by atoms with Gasteiger partial charge in [-0.3, -0.25) is 19.1 Å². The van der Waals surface area contributed by atoms with Crippen molar-refractivity contribution in [2.75, 3.05) is 37.7 Å². The first-order valence-electron chi connectivity index (χ1n) is 9.70. The molecule has 1 amide bonds. The Balaban J connectivity index is 2.22. The second kappa shape index (κ2) is 9.11. The average Bonchev–Trinajstić information content (AvgIpc) is 2.98. The Morgan fingerprint density at radius 3 is 2.55 bits per heavy atom. The number of nitriles is 1. The summed E-state index contributed by atoms with van der Waals surface area (Å²) in [4.78, 5) is 30.0. The Kier molecular flexibility index (Phi) is 6.77. The molecule has 1 aromatic rings. The average molecular weight is 433 g/mol. The smallest absolute Gasteiger partial charge is 0.270 e. The number of carbonyl (C=O) groups is 1. The largest absolute Gasteiger partial charge is 0.378 e. The molecule has 0 bridgehead atoms. The Labute approximate surface area is 179 Å². The van der Waals surface area contributed by atoms with Gasteiger partial charge in [0.25, 0.3) is 11.5 Å². The zero-order valence-corrected chi connectivity index (χ0v) is 18.5. The fourth-order valence-electron chi connectivity index (χ4n) is 3.60. The molecule has 3 rings (SSSR count). The summed E-state index contributed by atoms with van der Waals surface area (Å²) in [6.07, 6.45) is 2.61. The van der Waals surface area contributed by atoms with Crippen molar-refractivity contribution in [3.05, 3.63) is 31.9 Å². The first-order chi connectivity index (χ1) is 13.9. The maximum Gasteiger partial charge on any atom is 0.270 e. The lowest BCUT2D eigenvalue weighted by atomic mass is 10.0. The molecule has 0 unspecified atom stereocenters. The summed E-state index contributed by atoms with van der Waals surface area (Å²) in [5, 5.41) is 9.59. The van der Waals surface area contributed by atoms with Crippen LogP contribution in [0.2, 0.25) is 0 Å². The van der Waals surface area contributed by atoms with Gasteiger partial charge in [0.15, 0.2) is 0 Å². The van der Waals surface area contributed by atoms with Gasteiger partial charge in [-0.15, -0.1) is 0 Å². The van der Waals surface area contributed by atoms with Gasteiger partial charge in [0.1, 0.15) is 21.8 Å². The van der Waals surface area contributed by atoms with E-state index in [0.717, 1.165) is 17.8 Å². The van der Waals surface area contributed by atoms with Crippen molar-refractivity contribution >= 4 is 46.1 Å². The first kappa shape index (κ1) is 21.6. The number of pyridine rings is 1. The SMILES string of the molecule is CCCN1C(=O)/C(=C/c2c(C)c(C#N)c(=O)n(CC)c2N2CCOCC2)SC1=S. The van der Waals surface area contributed by atoms with E-state index in [0.29, 0.717) is 54.2 Å². The van der Waals surface area contributed by atoms with Crippen LogP contribution >= 0.6 is 24.0 Å². The Bertz CT molecular complexity index is 971. The van der Waals surface area contributed by atoms with Crippen LogP contribution in [-0.2, 0) is 16.1 Å². The van der Waals surface area contributed by atoms with Crippen LogP contribution in [0.25, 0.3) is 6.08 Å². The highest BCUT2D eigenvalue weighted by Crippen LogP contribution is 2.36. The lowest BCUT2D eigenvalue weighted by Crippen LogP contribution is -2.41. The molecule has 2 saturated heterocycles. The summed E-state index contributed by atoms with van der Waals surface area (Å²) < 4.78 is 7.63. The van der Waals surface area contributed by atoms with E-state index in [1.54, 1.807) is 22.5 Å². The zero-order valence-electron chi connectivity index (χ0n) is 16.9. The number of hydrogen-bond donors (Lipinski definition) is 0. The Morgan fingerprint density at radius 1 is 1.28 bits per heavy atom. The molecule has 3 heterocycles. The molecule has 0 aromatic carbocycles. The molecule has 29 heavy (non-hydrogen) atoms. The highest BCUT2D eigenvalue weighted by molar-refractivity contribution is 8.26. The summed E-state index contributed by atoms with van der Waals surface area (Å²) >= 11 is 6.65. The van der Waals surface area contributed by atoms with E-state index in [-0.39, 0.29) is 17.0 Å². The molecule has 1 aromatic heterocycles. The van der Waals surface area contributed by atoms with Gasteiger partial charge in [-0.05, 0) is 31.9 Å². The van der Waals surface area contributed by atoms with Crippen molar-refractivity contribution in [2.24, 2.45) is 0 Å². The summed E-state index contributed by atoms with van der Waals surface area (Å²) in [6.45, 7) is 9.07. The summed E-state index contributed by atoms with van der Waals surface area (Å²) in [5.41, 5.74) is 1.12. The normalized spacial score (nSPS) is 18.6. The minimum absolute atomic E-state index is 0.110. The van der Waals surface area contributed by atoms with Gasteiger partial charge in [0, 0.05) is 31.7 Å². The molecule has 154 valence electrons. The van der Waals surface area contributed by atoms with E-state index in [1.165, 1.54) is 11.8 Å². The van der Waals surface area contributed by atoms with Crippen LogP contribution in [-0.4, -0.2) is 52.5 Å². The maximum absolute atomic E-state index is 12.9. The summed E-state index contributed by atoms with van der Waals surface area (Å²) in [7, 11) is 0. The van der Waals surface area contributed by atoms with Gasteiger partial charge >= 0.3 is 0 Å². The summed E-state index contributed by atoms with van der Waals surface area (Å²) in [5.74, 6) is 0.611. The molecule has 9 heteroatoms. The number of anilines is 1. The van der Waals surface area contributed by atoms with Crippen LogP contribution in [0.5, 0.6) is 0 Å². The third kappa shape index (κ3) is 3.97. The van der Waals surface area contributed by atoms with E-state index in [9.17, 15) is 14.9 Å². The molecule has 0 atom stereocenters. The van der Waals surface area contributed by atoms with E-state index in [2.05, 4.69) is 4.90 Å². The van der Waals surface area contributed by atoms with E-state index < -0.39 is 0 Å². The number of morpholine rings is 1. The predicted molar refractivity (Wildman–Crippen MR) is 119 cm³/mol. The van der Waals surface area contributed by atoms with Crippen molar-refractivity contribution in [1.29, 1.82) is 5.26 Å². The van der Waals surface area contributed by atoms with Gasteiger partial charge in [-0.25, -0.2) is 0 Å². The number of hydrogen-bond acceptors (Lipinski definition) is 7. The minimum atomic E-state index is -0.301. The van der Waals surface area contributed by atoms with Crippen LogP contribution in [0.15, 0.2) is 9.70 Å². The quantitative estimate of drug-likeness (QED) is 0.522. The molecular weight excluding hydrogens is 408 g/mol. The number of thioether (sulfide) groups is 1. The molecule has 7 nitrogen and oxygen atoms in total. The van der Waals surface area contributed by atoms with Crippen LogP contribution in [0.3, 0.4) is 0 Å². The standard InChI is InChI=1S/C20H24N4O3S2/c1-4-6-24-19(26)16(29-20(24)28)11-14-13(3)15(12-21)18(25)23(5-2)17(14)22-7-9-27-10-8-22/h11H,4-10H2,1-3H3/b16-11-. The lowest BCUT2D eigenvalue weighted by molar-refractivity contribution is -0.122. The number of carbonyl (C=O) groups excluding carboxylic acids is 1. The molecular formula is C20H24N4O3S2. The highest BCUT2D eigenvalue weighted by Gasteiger charge is 2.32. The predicted octanol–water partition coefficient (Wildman–Crippen LogP) is 2.50. The first-order valence-corrected chi connectivity index (χ1v) is 10.9. The number of amides is 1. The van der Waals surface area contributed by atoms with E-state index in [1.807, 2.05) is 19.9 Å². The van der Waals surface area contributed by atoms with Gasteiger partial charge in [-0.1, -0.05) is 30.9 Å². The van der Waals surface area contributed by atoms with Gasteiger partial charge in [0.2, 0.25) is 0 Å². The molecule has 2 aliphatic heterocycles. The molecule has 0 radical (unpaired) electrons. The second-order valence-corrected chi connectivity index (χ2v) is 8.51. The third-order valence-electron chi connectivity index (χ3n) is 5.07. The number of nitrogens with zero attached hydrogens (tertiary/aromatic N) is 4. The monoisotopic (exact) mass is 432 g/mol. The van der Waals surface area contributed by atoms with Crippen molar-refractivity contribution in [3.63, 3.8) is 0 Å². The van der Waals surface area contributed by atoms with Gasteiger partial charge in [-0.2, -0.15) is 5.26 Å². The van der Waals surface area contributed by atoms with Crippen LogP contribution in [0.1, 0.15) is 37.0 Å². The Hall–Kier alpha value is -2.15. The topological polar surface area (TPSA) is 78.6 Å². The summed E-state index contributed by atoms with van der Waals surface area (Å²) in [6, 6.07) is 2.05. The van der Waals surface area contributed by atoms with E-state index in [4.69, 9.17) is 17.0 Å². The number of ether oxygens (including phenoxy) is 1. The van der Waals surface area contributed by atoms with Crippen molar-refractivity contribution in [2.45, 2.75) is 33.7 Å². The third-order valence-corrected chi connectivity index (χ3v) is 6.45. The molecule has 2 fully saturated rings. The lowest BCUT2D eigenvalue weighted by Gasteiger charge is -2.33. The van der Waals surface area contributed by atoms with Crippen molar-refractivity contribution < 1.29 is 9.53 Å². The van der Waals surface area contributed by atoms with Gasteiger partial charge < -0.3 is 9.64 Å². The fourth-order valence-corrected chi connectivity index (χ4v) is 4.89. The van der Waals surface area contributed by atoms with E-state index >= 15 is 0 Å². The second-order valence-electron chi connectivity index (χ2n) is 6.83. The number of aromatic nitrogens is 1. The van der Waals surface area contributed by atoms with Crippen molar-refractivity contribution in [3.8, 4) is 6.07 Å². The van der Waals surface area contributed by atoms with Crippen LogP contribution in [0.4, 0.5) is 5.82 Å². The zero-order chi connectivity index (χ0) is 21.1. The molecule has 0 N–H and O–H groups in total. The molecule has 0 spiro atoms. The number of thiocarbonyl (C=S) groups is 1. The molecule has 0 aliphatic carbocycles. The maximum atomic E-state index is 12.9. The van der Waals surface area contributed by atoms with Crippen molar-refractivity contribution in [1.82, 2.24) is 9.47 Å². The van der Waals surface area contributed by atoms with Crippen LogP contribution < -0.4 is 10.5 Å². The fraction of sp³-hybridized carbons (Fsp3) is 0.500. The van der Waals surface area contributed by atoms with Gasteiger partial charge in [0.05, 0.1) is 18.1 Å². The molecule has 0 saturated carbocycles. The highest BCUT2D eigenvalue weighted by atomic mass is 32.2. The van der Waals surface area contributed by atoms with Crippen LogP contribution in [0, 0.1) is 18.3 Å². The molecule has 2 aliphatic rings. The minimum Gasteiger partial charge on any atom is -0.378 e. The number of rotatable bonds is 5. The Morgan fingerprint density at radius 2 is 1.97 bits per heavy atom.